The zero-order chi connectivity index (χ0) is 22.7. The van der Waals surface area contributed by atoms with Gasteiger partial charge in [-0.1, -0.05) is 23.8 Å². The van der Waals surface area contributed by atoms with Gasteiger partial charge in [0.2, 0.25) is 15.9 Å². The van der Waals surface area contributed by atoms with Crippen molar-refractivity contribution in [2.24, 2.45) is 0 Å². The SMILES string of the molecule is Cc1ccc(S(=O)(=O)NCCC(=O)Nc2ccc(-c3nc4ccc(C)cc4s3)cc2)cc1. The van der Waals surface area contributed by atoms with Crippen LogP contribution in [-0.4, -0.2) is 25.9 Å². The summed E-state index contributed by atoms with van der Waals surface area (Å²) in [6.07, 6.45) is 0.0318. The van der Waals surface area contributed by atoms with Crippen LogP contribution in [0.2, 0.25) is 0 Å². The van der Waals surface area contributed by atoms with Crippen LogP contribution >= 0.6 is 11.3 Å². The molecule has 8 heteroatoms. The molecule has 0 unspecified atom stereocenters. The van der Waals surface area contributed by atoms with Crippen molar-refractivity contribution in [1.29, 1.82) is 0 Å². The van der Waals surface area contributed by atoms with E-state index in [2.05, 4.69) is 28.0 Å². The van der Waals surface area contributed by atoms with Crippen molar-refractivity contribution in [1.82, 2.24) is 9.71 Å². The van der Waals surface area contributed by atoms with E-state index in [9.17, 15) is 13.2 Å². The smallest absolute Gasteiger partial charge is 0.240 e. The first-order valence-electron chi connectivity index (χ1n) is 10.1. The average Bonchev–Trinajstić information content (AvgIpc) is 3.17. The molecule has 32 heavy (non-hydrogen) atoms. The van der Waals surface area contributed by atoms with Gasteiger partial charge in [0.25, 0.3) is 0 Å². The Morgan fingerprint density at radius 3 is 2.34 bits per heavy atom. The number of aryl methyl sites for hydroxylation is 2. The van der Waals surface area contributed by atoms with Gasteiger partial charge in [0.15, 0.2) is 0 Å². The molecule has 4 rings (SSSR count). The van der Waals surface area contributed by atoms with Gasteiger partial charge in [-0.2, -0.15) is 0 Å². The number of benzene rings is 3. The van der Waals surface area contributed by atoms with E-state index in [4.69, 9.17) is 0 Å². The summed E-state index contributed by atoms with van der Waals surface area (Å²) in [5, 5.41) is 3.72. The average molecular weight is 466 g/mol. The lowest BCUT2D eigenvalue weighted by atomic mass is 10.2. The van der Waals surface area contributed by atoms with Crippen molar-refractivity contribution >= 4 is 43.2 Å². The third kappa shape index (κ3) is 5.21. The van der Waals surface area contributed by atoms with Gasteiger partial charge in [-0.25, -0.2) is 18.1 Å². The number of thiazole rings is 1. The lowest BCUT2D eigenvalue weighted by Crippen LogP contribution is -2.27. The predicted molar refractivity (Wildman–Crippen MR) is 129 cm³/mol. The summed E-state index contributed by atoms with van der Waals surface area (Å²) >= 11 is 1.63. The molecule has 6 nitrogen and oxygen atoms in total. The maximum atomic E-state index is 12.3. The van der Waals surface area contributed by atoms with Gasteiger partial charge < -0.3 is 5.32 Å². The summed E-state index contributed by atoms with van der Waals surface area (Å²) < 4.78 is 28.2. The predicted octanol–water partition coefficient (Wildman–Crippen LogP) is 4.89. The Kier molecular flexibility index (Phi) is 6.36. The number of amides is 1. The number of rotatable bonds is 7. The second-order valence-corrected chi connectivity index (χ2v) is 10.4. The van der Waals surface area contributed by atoms with Crippen LogP contribution in [0.15, 0.2) is 71.6 Å². The Labute approximate surface area is 191 Å². The molecule has 2 N–H and O–H groups in total. The molecule has 0 aliphatic rings. The first-order valence-corrected chi connectivity index (χ1v) is 12.4. The van der Waals surface area contributed by atoms with E-state index >= 15 is 0 Å². The number of anilines is 1. The first-order chi connectivity index (χ1) is 15.3. The van der Waals surface area contributed by atoms with Crippen molar-refractivity contribution in [2.75, 3.05) is 11.9 Å². The highest BCUT2D eigenvalue weighted by Crippen LogP contribution is 2.31. The maximum absolute atomic E-state index is 12.3. The topological polar surface area (TPSA) is 88.2 Å². The third-order valence-electron chi connectivity index (χ3n) is 4.93. The molecule has 0 aliphatic heterocycles. The van der Waals surface area contributed by atoms with Gasteiger partial charge in [-0.3, -0.25) is 4.79 Å². The number of aromatic nitrogens is 1. The molecule has 0 fully saturated rings. The van der Waals surface area contributed by atoms with E-state index in [0.717, 1.165) is 26.4 Å². The monoisotopic (exact) mass is 465 g/mol. The molecule has 0 radical (unpaired) electrons. The van der Waals surface area contributed by atoms with Gasteiger partial charge >= 0.3 is 0 Å². The van der Waals surface area contributed by atoms with Crippen LogP contribution in [0.25, 0.3) is 20.8 Å². The second-order valence-electron chi connectivity index (χ2n) is 7.58. The molecule has 3 aromatic carbocycles. The fourth-order valence-corrected chi connectivity index (χ4v) is 5.28. The lowest BCUT2D eigenvalue weighted by Gasteiger charge is -2.08. The number of carbonyl (C=O) groups excluding carboxylic acids is 1. The zero-order valence-electron chi connectivity index (χ0n) is 17.8. The molecule has 4 aromatic rings. The van der Waals surface area contributed by atoms with Crippen LogP contribution in [0.4, 0.5) is 5.69 Å². The lowest BCUT2D eigenvalue weighted by molar-refractivity contribution is -0.116. The van der Waals surface area contributed by atoms with Crippen LogP contribution in [0, 0.1) is 13.8 Å². The van der Waals surface area contributed by atoms with E-state index in [1.165, 1.54) is 5.56 Å². The highest BCUT2D eigenvalue weighted by atomic mass is 32.2. The summed E-state index contributed by atoms with van der Waals surface area (Å²) in [4.78, 5) is 17.1. The van der Waals surface area contributed by atoms with Crippen molar-refractivity contribution in [2.45, 2.75) is 25.2 Å². The number of fused-ring (bicyclic) bond motifs is 1. The van der Waals surface area contributed by atoms with Crippen LogP contribution in [0.1, 0.15) is 17.5 Å². The Balaban J connectivity index is 1.33. The highest BCUT2D eigenvalue weighted by molar-refractivity contribution is 7.89. The first kappa shape index (κ1) is 22.1. The fraction of sp³-hybridized carbons (Fsp3) is 0.167. The van der Waals surface area contributed by atoms with Gasteiger partial charge in [0, 0.05) is 24.2 Å². The molecule has 164 valence electrons. The van der Waals surface area contributed by atoms with Gasteiger partial charge in [-0.15, -0.1) is 11.3 Å². The Bertz CT molecular complexity index is 1360. The standard InChI is InChI=1S/C24H23N3O3S2/c1-16-3-10-20(11-4-16)32(29,30)25-14-13-23(28)26-19-8-6-18(7-9-19)24-27-21-12-5-17(2)15-22(21)31-24/h3-12,15,25H,13-14H2,1-2H3,(H,26,28). The molecule has 1 aromatic heterocycles. The van der Waals surface area contributed by atoms with Crippen LogP contribution < -0.4 is 10.0 Å². The summed E-state index contributed by atoms with van der Waals surface area (Å²) in [5.74, 6) is -0.264. The van der Waals surface area contributed by atoms with E-state index < -0.39 is 10.0 Å². The maximum Gasteiger partial charge on any atom is 0.240 e. The van der Waals surface area contributed by atoms with Gasteiger partial charge in [0.1, 0.15) is 5.01 Å². The molecule has 1 heterocycles. The number of carbonyl (C=O) groups is 1. The summed E-state index contributed by atoms with van der Waals surface area (Å²) in [6.45, 7) is 3.97. The molecule has 0 saturated heterocycles. The number of nitrogens with zero attached hydrogens (tertiary/aromatic N) is 1. The molecule has 1 amide bonds. The molecule has 0 atom stereocenters. The normalized spacial score (nSPS) is 11.6. The number of hydrogen-bond acceptors (Lipinski definition) is 5. The molecule has 0 aliphatic carbocycles. The van der Waals surface area contributed by atoms with E-state index in [0.29, 0.717) is 5.69 Å². The fourth-order valence-electron chi connectivity index (χ4n) is 3.17. The van der Waals surface area contributed by atoms with Gasteiger partial charge in [0.05, 0.1) is 15.1 Å². The van der Waals surface area contributed by atoms with Crippen molar-refractivity contribution < 1.29 is 13.2 Å². The van der Waals surface area contributed by atoms with Gasteiger partial charge in [-0.05, 0) is 67.9 Å². The van der Waals surface area contributed by atoms with Crippen LogP contribution in [0.5, 0.6) is 0 Å². The minimum atomic E-state index is -3.63. The Hall–Kier alpha value is -3.07. The van der Waals surface area contributed by atoms with Crippen molar-refractivity contribution in [3.05, 3.63) is 77.9 Å². The molecule has 0 saturated carbocycles. The van der Waals surface area contributed by atoms with E-state index in [1.54, 1.807) is 35.6 Å². The second kappa shape index (κ2) is 9.20. The summed E-state index contributed by atoms with van der Waals surface area (Å²) in [6, 6.07) is 20.2. The number of nitrogens with one attached hydrogen (secondary N) is 2. The van der Waals surface area contributed by atoms with Crippen LogP contribution in [0.3, 0.4) is 0 Å². The number of hydrogen-bond donors (Lipinski definition) is 2. The number of sulfonamides is 1. The summed E-state index contributed by atoms with van der Waals surface area (Å²) in [7, 11) is -3.63. The molecular weight excluding hydrogens is 442 g/mol. The van der Waals surface area contributed by atoms with Crippen molar-refractivity contribution in [3.63, 3.8) is 0 Å². The highest BCUT2D eigenvalue weighted by Gasteiger charge is 2.14. The quantitative estimate of drug-likeness (QED) is 0.407. The third-order valence-corrected chi connectivity index (χ3v) is 7.48. The van der Waals surface area contributed by atoms with Crippen molar-refractivity contribution in [3.8, 4) is 10.6 Å². The van der Waals surface area contributed by atoms with E-state index in [1.807, 2.05) is 43.3 Å². The molecule has 0 bridgehead atoms. The largest absolute Gasteiger partial charge is 0.326 e. The van der Waals surface area contributed by atoms with Crippen LogP contribution in [-0.2, 0) is 14.8 Å². The molecular formula is C24H23N3O3S2. The molecule has 0 spiro atoms. The Morgan fingerprint density at radius 2 is 1.62 bits per heavy atom. The zero-order valence-corrected chi connectivity index (χ0v) is 19.4. The minimum Gasteiger partial charge on any atom is -0.326 e. The summed E-state index contributed by atoms with van der Waals surface area (Å²) in [5.41, 5.74) is 4.78. The van der Waals surface area contributed by atoms with E-state index in [-0.39, 0.29) is 23.8 Å². The minimum absolute atomic E-state index is 0.0191. The Morgan fingerprint density at radius 1 is 0.938 bits per heavy atom.